The van der Waals surface area contributed by atoms with Crippen molar-refractivity contribution >= 4 is 27.5 Å². The molecule has 0 N–H and O–H groups in total. The van der Waals surface area contributed by atoms with Gasteiger partial charge in [0.05, 0.1) is 0 Å². The first-order chi connectivity index (χ1) is 8.19. The van der Waals surface area contributed by atoms with Gasteiger partial charge in [-0.2, -0.15) is 0 Å². The third-order valence-electron chi connectivity index (χ3n) is 3.22. The smallest absolute Gasteiger partial charge is 0.127 e. The SMILES string of the molecule is Fc1ccc(Br)cc1CN1CCCC(CCl)C1. The Morgan fingerprint density at radius 3 is 3.06 bits per heavy atom. The van der Waals surface area contributed by atoms with Gasteiger partial charge in [-0.05, 0) is 43.5 Å². The third kappa shape index (κ3) is 3.67. The molecule has 0 amide bonds. The Hall–Kier alpha value is -0.120. The summed E-state index contributed by atoms with van der Waals surface area (Å²) >= 11 is 9.28. The summed E-state index contributed by atoms with van der Waals surface area (Å²) in [5.41, 5.74) is 0.759. The summed E-state index contributed by atoms with van der Waals surface area (Å²) in [6, 6.07) is 5.11. The Balaban J connectivity index is 2.02. The Morgan fingerprint density at radius 2 is 2.29 bits per heavy atom. The number of hydrogen-bond donors (Lipinski definition) is 0. The Labute approximate surface area is 115 Å². The number of alkyl halides is 1. The minimum Gasteiger partial charge on any atom is -0.299 e. The molecular weight excluding hydrogens is 305 g/mol. The van der Waals surface area contributed by atoms with Crippen LogP contribution >= 0.6 is 27.5 Å². The van der Waals surface area contributed by atoms with E-state index in [9.17, 15) is 4.39 Å². The van der Waals surface area contributed by atoms with Crippen molar-refractivity contribution in [2.75, 3.05) is 19.0 Å². The highest BCUT2D eigenvalue weighted by Crippen LogP contribution is 2.22. The number of nitrogens with zero attached hydrogens (tertiary/aromatic N) is 1. The molecule has 1 heterocycles. The molecule has 1 fully saturated rings. The molecule has 1 aliphatic rings. The average molecular weight is 321 g/mol. The highest BCUT2D eigenvalue weighted by atomic mass is 79.9. The fourth-order valence-electron chi connectivity index (χ4n) is 2.33. The zero-order valence-corrected chi connectivity index (χ0v) is 12.0. The lowest BCUT2D eigenvalue weighted by Crippen LogP contribution is -2.35. The standard InChI is InChI=1S/C13H16BrClFN/c14-12-3-4-13(16)11(6-12)9-17-5-1-2-10(7-15)8-17/h3-4,6,10H,1-2,5,7-9H2. The zero-order chi connectivity index (χ0) is 12.3. The molecule has 0 aromatic heterocycles. The molecule has 1 aromatic carbocycles. The van der Waals surface area contributed by atoms with Gasteiger partial charge in [0, 0.05) is 29.0 Å². The van der Waals surface area contributed by atoms with Crippen molar-refractivity contribution < 1.29 is 4.39 Å². The molecule has 0 aliphatic carbocycles. The van der Waals surface area contributed by atoms with E-state index in [1.54, 1.807) is 6.07 Å². The summed E-state index contributed by atoms with van der Waals surface area (Å²) in [6.07, 6.45) is 2.36. The van der Waals surface area contributed by atoms with E-state index in [1.807, 2.05) is 6.07 Å². The lowest BCUT2D eigenvalue weighted by Gasteiger charge is -2.31. The van der Waals surface area contributed by atoms with E-state index in [2.05, 4.69) is 20.8 Å². The topological polar surface area (TPSA) is 3.24 Å². The number of piperidine rings is 1. The molecular formula is C13H16BrClFN. The second-order valence-electron chi connectivity index (χ2n) is 4.63. The molecule has 0 bridgehead atoms. The first-order valence-electron chi connectivity index (χ1n) is 5.91. The number of hydrogen-bond acceptors (Lipinski definition) is 1. The van der Waals surface area contributed by atoms with Crippen molar-refractivity contribution in [1.29, 1.82) is 0 Å². The zero-order valence-electron chi connectivity index (χ0n) is 9.63. The highest BCUT2D eigenvalue weighted by molar-refractivity contribution is 9.10. The van der Waals surface area contributed by atoms with Gasteiger partial charge < -0.3 is 0 Å². The van der Waals surface area contributed by atoms with Crippen LogP contribution < -0.4 is 0 Å². The largest absolute Gasteiger partial charge is 0.299 e. The van der Waals surface area contributed by atoms with E-state index >= 15 is 0 Å². The monoisotopic (exact) mass is 319 g/mol. The fraction of sp³-hybridized carbons (Fsp3) is 0.538. The molecule has 0 saturated carbocycles. The van der Waals surface area contributed by atoms with E-state index in [0.29, 0.717) is 18.3 Å². The van der Waals surface area contributed by atoms with E-state index in [1.165, 1.54) is 12.5 Å². The molecule has 1 nitrogen and oxygen atoms in total. The number of benzene rings is 1. The van der Waals surface area contributed by atoms with Crippen molar-refractivity contribution in [2.45, 2.75) is 19.4 Å². The van der Waals surface area contributed by atoms with Crippen molar-refractivity contribution in [3.05, 3.63) is 34.1 Å². The van der Waals surface area contributed by atoms with Crippen LogP contribution in [0.25, 0.3) is 0 Å². The average Bonchev–Trinajstić information content (AvgIpc) is 2.34. The number of rotatable bonds is 3. The maximum absolute atomic E-state index is 13.6. The van der Waals surface area contributed by atoms with Crippen LogP contribution in [-0.2, 0) is 6.54 Å². The van der Waals surface area contributed by atoms with Crippen LogP contribution in [0.3, 0.4) is 0 Å². The van der Waals surface area contributed by atoms with E-state index < -0.39 is 0 Å². The lowest BCUT2D eigenvalue weighted by atomic mass is 9.99. The van der Waals surface area contributed by atoms with Crippen molar-refractivity contribution in [1.82, 2.24) is 4.90 Å². The molecule has 94 valence electrons. The van der Waals surface area contributed by atoms with Gasteiger partial charge in [0.2, 0.25) is 0 Å². The minimum atomic E-state index is -0.124. The Kier molecular flexibility index (Phi) is 4.83. The number of halogens is 3. The quantitative estimate of drug-likeness (QED) is 0.760. The Morgan fingerprint density at radius 1 is 1.47 bits per heavy atom. The molecule has 1 atom stereocenters. The molecule has 1 saturated heterocycles. The first-order valence-corrected chi connectivity index (χ1v) is 7.24. The highest BCUT2D eigenvalue weighted by Gasteiger charge is 2.19. The van der Waals surface area contributed by atoms with Gasteiger partial charge in [0.15, 0.2) is 0 Å². The summed E-state index contributed by atoms with van der Waals surface area (Å²) in [7, 11) is 0. The molecule has 0 spiro atoms. The maximum Gasteiger partial charge on any atom is 0.127 e. The van der Waals surface area contributed by atoms with Crippen LogP contribution in [0.15, 0.2) is 22.7 Å². The molecule has 4 heteroatoms. The van der Waals surface area contributed by atoms with E-state index in [0.717, 1.165) is 29.5 Å². The van der Waals surface area contributed by atoms with Gasteiger partial charge in [0.25, 0.3) is 0 Å². The van der Waals surface area contributed by atoms with Crippen LogP contribution in [0, 0.1) is 11.7 Å². The van der Waals surface area contributed by atoms with Gasteiger partial charge in [-0.15, -0.1) is 11.6 Å². The lowest BCUT2D eigenvalue weighted by molar-refractivity contribution is 0.176. The minimum absolute atomic E-state index is 0.124. The predicted molar refractivity (Wildman–Crippen MR) is 72.8 cm³/mol. The molecule has 2 rings (SSSR count). The van der Waals surface area contributed by atoms with E-state index in [4.69, 9.17) is 11.6 Å². The molecule has 1 aromatic rings. The summed E-state index contributed by atoms with van der Waals surface area (Å²) in [5.74, 6) is 1.14. The van der Waals surface area contributed by atoms with Crippen LogP contribution in [0.2, 0.25) is 0 Å². The number of likely N-dealkylation sites (tertiary alicyclic amines) is 1. The first kappa shape index (κ1) is 13.3. The maximum atomic E-state index is 13.6. The fourth-order valence-corrected chi connectivity index (χ4v) is 2.99. The van der Waals surface area contributed by atoms with Crippen LogP contribution in [0.1, 0.15) is 18.4 Å². The second-order valence-corrected chi connectivity index (χ2v) is 5.86. The second kappa shape index (κ2) is 6.17. The molecule has 1 aliphatic heterocycles. The van der Waals surface area contributed by atoms with Crippen LogP contribution in [-0.4, -0.2) is 23.9 Å². The summed E-state index contributed by atoms with van der Waals surface area (Å²) < 4.78 is 14.6. The Bertz CT molecular complexity index is 386. The van der Waals surface area contributed by atoms with Crippen molar-refractivity contribution in [2.24, 2.45) is 5.92 Å². The van der Waals surface area contributed by atoms with Gasteiger partial charge in [-0.25, -0.2) is 4.39 Å². The van der Waals surface area contributed by atoms with Gasteiger partial charge >= 0.3 is 0 Å². The van der Waals surface area contributed by atoms with Gasteiger partial charge in [-0.3, -0.25) is 4.90 Å². The predicted octanol–water partition coefficient (Wildman–Crippen LogP) is 4.04. The summed E-state index contributed by atoms with van der Waals surface area (Å²) in [4.78, 5) is 2.29. The molecule has 1 unspecified atom stereocenters. The van der Waals surface area contributed by atoms with Gasteiger partial charge in [-0.1, -0.05) is 15.9 Å². The van der Waals surface area contributed by atoms with Crippen molar-refractivity contribution in [3.8, 4) is 0 Å². The normalized spacial score (nSPS) is 21.7. The van der Waals surface area contributed by atoms with Crippen molar-refractivity contribution in [3.63, 3.8) is 0 Å². The van der Waals surface area contributed by atoms with Crippen LogP contribution in [0.5, 0.6) is 0 Å². The third-order valence-corrected chi connectivity index (χ3v) is 4.15. The molecule has 0 radical (unpaired) electrons. The summed E-state index contributed by atoms with van der Waals surface area (Å²) in [6.45, 7) is 2.70. The van der Waals surface area contributed by atoms with E-state index in [-0.39, 0.29) is 5.82 Å². The van der Waals surface area contributed by atoms with Crippen LogP contribution in [0.4, 0.5) is 4.39 Å². The molecule has 17 heavy (non-hydrogen) atoms. The summed E-state index contributed by atoms with van der Waals surface area (Å²) in [5, 5.41) is 0. The van der Waals surface area contributed by atoms with Gasteiger partial charge in [0.1, 0.15) is 5.82 Å².